The Labute approximate surface area is 101 Å². The third-order valence-electron chi connectivity index (χ3n) is 3.63. The molecule has 3 rings (SSSR count). The fourth-order valence-electron chi connectivity index (χ4n) is 2.80. The van der Waals surface area contributed by atoms with Gasteiger partial charge in [-0.25, -0.2) is 0 Å². The van der Waals surface area contributed by atoms with Crippen LogP contribution < -0.4 is 10.4 Å². The van der Waals surface area contributed by atoms with E-state index < -0.39 is 0 Å². The van der Waals surface area contributed by atoms with Crippen LogP contribution in [0.1, 0.15) is 25.5 Å². The summed E-state index contributed by atoms with van der Waals surface area (Å²) in [4.78, 5) is 4.50. The largest absolute Gasteiger partial charge is 0.260 e. The smallest absolute Gasteiger partial charge is 0.0516 e. The molecule has 1 aliphatic carbocycles. The zero-order valence-corrected chi connectivity index (χ0v) is 10.1. The second-order valence-electron chi connectivity index (χ2n) is 4.60. The number of hydrogen-bond acceptors (Lipinski definition) is 1. The van der Waals surface area contributed by atoms with Crippen molar-refractivity contribution in [2.75, 3.05) is 0 Å². The van der Waals surface area contributed by atoms with E-state index in [2.05, 4.69) is 55.2 Å². The van der Waals surface area contributed by atoms with Gasteiger partial charge in [-0.05, 0) is 36.4 Å². The Morgan fingerprint density at radius 1 is 0.824 bits per heavy atom. The molecule has 0 bridgehead atoms. The minimum Gasteiger partial charge on any atom is -0.260 e. The molecule has 1 nitrogen and oxygen atoms in total. The molecule has 1 heterocycles. The van der Waals surface area contributed by atoms with Crippen molar-refractivity contribution >= 4 is 11.1 Å². The first-order chi connectivity index (χ1) is 8.29. The van der Waals surface area contributed by atoms with Crippen LogP contribution in [0.15, 0.2) is 48.7 Å². The SMILES string of the molecule is CC1=c2ccccc2=C(C)C1c1ccccn1. The lowest BCUT2D eigenvalue weighted by atomic mass is 9.93. The summed E-state index contributed by atoms with van der Waals surface area (Å²) in [5, 5.41) is 2.75. The molecule has 0 spiro atoms. The first-order valence-corrected chi connectivity index (χ1v) is 5.96. The number of benzene rings is 1. The number of rotatable bonds is 1. The van der Waals surface area contributed by atoms with Gasteiger partial charge in [0.2, 0.25) is 0 Å². The van der Waals surface area contributed by atoms with Gasteiger partial charge in [-0.15, -0.1) is 0 Å². The summed E-state index contributed by atoms with van der Waals surface area (Å²) in [7, 11) is 0. The highest BCUT2D eigenvalue weighted by atomic mass is 14.7. The fraction of sp³-hybridized carbons (Fsp3) is 0.188. The van der Waals surface area contributed by atoms with Crippen molar-refractivity contribution in [3.8, 4) is 0 Å². The molecule has 0 fully saturated rings. The van der Waals surface area contributed by atoms with Crippen molar-refractivity contribution in [3.05, 3.63) is 64.8 Å². The quantitative estimate of drug-likeness (QED) is 0.719. The van der Waals surface area contributed by atoms with Crippen LogP contribution in [0.5, 0.6) is 0 Å². The van der Waals surface area contributed by atoms with Gasteiger partial charge in [-0.2, -0.15) is 0 Å². The number of hydrogen-bond donors (Lipinski definition) is 0. The Bertz CT molecular complexity index is 627. The zero-order valence-electron chi connectivity index (χ0n) is 10.1. The predicted molar refractivity (Wildman–Crippen MR) is 70.8 cm³/mol. The third kappa shape index (κ3) is 1.50. The topological polar surface area (TPSA) is 12.9 Å². The Morgan fingerprint density at radius 2 is 1.41 bits per heavy atom. The van der Waals surface area contributed by atoms with Crippen LogP contribution in [0, 0.1) is 0 Å². The molecule has 0 unspecified atom stereocenters. The fourth-order valence-corrected chi connectivity index (χ4v) is 2.80. The van der Waals surface area contributed by atoms with Crippen molar-refractivity contribution in [3.63, 3.8) is 0 Å². The Kier molecular flexibility index (Phi) is 2.32. The van der Waals surface area contributed by atoms with Crippen LogP contribution in [0.4, 0.5) is 0 Å². The molecule has 0 atom stereocenters. The van der Waals surface area contributed by atoms with Gasteiger partial charge >= 0.3 is 0 Å². The number of aromatic nitrogens is 1. The molecular formula is C16H15N. The summed E-state index contributed by atoms with van der Waals surface area (Å²) < 4.78 is 0. The van der Waals surface area contributed by atoms with E-state index in [0.29, 0.717) is 5.92 Å². The molecule has 1 aromatic carbocycles. The van der Waals surface area contributed by atoms with Gasteiger partial charge in [0, 0.05) is 12.1 Å². The van der Waals surface area contributed by atoms with E-state index >= 15 is 0 Å². The highest BCUT2D eigenvalue weighted by Gasteiger charge is 2.22. The number of pyridine rings is 1. The first-order valence-electron chi connectivity index (χ1n) is 5.96. The summed E-state index contributed by atoms with van der Waals surface area (Å²) in [6, 6.07) is 14.8. The van der Waals surface area contributed by atoms with Gasteiger partial charge in [0.1, 0.15) is 0 Å². The van der Waals surface area contributed by atoms with E-state index in [4.69, 9.17) is 0 Å². The molecule has 0 N–H and O–H groups in total. The molecule has 1 aliphatic rings. The highest BCUT2D eigenvalue weighted by molar-refractivity contribution is 5.75. The first kappa shape index (κ1) is 10.3. The molecule has 0 saturated carbocycles. The van der Waals surface area contributed by atoms with Crippen LogP contribution in [-0.4, -0.2) is 4.98 Å². The van der Waals surface area contributed by atoms with E-state index in [-0.39, 0.29) is 0 Å². The van der Waals surface area contributed by atoms with Gasteiger partial charge in [-0.1, -0.05) is 41.5 Å². The maximum Gasteiger partial charge on any atom is 0.0516 e. The lowest BCUT2D eigenvalue weighted by molar-refractivity contribution is 1.02. The van der Waals surface area contributed by atoms with Gasteiger partial charge in [0.15, 0.2) is 0 Å². The lowest BCUT2D eigenvalue weighted by Gasteiger charge is -2.13. The molecule has 0 amide bonds. The van der Waals surface area contributed by atoms with Crippen LogP contribution in [-0.2, 0) is 0 Å². The van der Waals surface area contributed by atoms with Crippen LogP contribution in [0.3, 0.4) is 0 Å². The monoisotopic (exact) mass is 221 g/mol. The van der Waals surface area contributed by atoms with E-state index in [1.165, 1.54) is 21.6 Å². The van der Waals surface area contributed by atoms with E-state index in [0.717, 1.165) is 5.69 Å². The van der Waals surface area contributed by atoms with Crippen molar-refractivity contribution < 1.29 is 0 Å². The molecule has 0 aliphatic heterocycles. The standard InChI is InChI=1S/C16H15N/c1-11-13-7-3-4-8-14(13)12(2)16(11)15-9-5-6-10-17-15/h3-10,16H,1-2H3. The van der Waals surface area contributed by atoms with Crippen LogP contribution in [0.2, 0.25) is 0 Å². The average Bonchev–Trinajstić information content (AvgIpc) is 2.64. The summed E-state index contributed by atoms with van der Waals surface area (Å²) in [6.45, 7) is 4.43. The summed E-state index contributed by atoms with van der Waals surface area (Å²) in [5.74, 6) is 0.355. The molecule has 1 aromatic heterocycles. The molecule has 17 heavy (non-hydrogen) atoms. The van der Waals surface area contributed by atoms with E-state index in [1.807, 2.05) is 12.3 Å². The summed E-state index contributed by atoms with van der Waals surface area (Å²) >= 11 is 0. The second kappa shape index (κ2) is 3.85. The predicted octanol–water partition coefficient (Wildman–Crippen LogP) is 2.22. The van der Waals surface area contributed by atoms with E-state index in [9.17, 15) is 0 Å². The minimum atomic E-state index is 0.355. The van der Waals surface area contributed by atoms with Crippen molar-refractivity contribution in [2.45, 2.75) is 19.8 Å². The van der Waals surface area contributed by atoms with E-state index in [1.54, 1.807) is 0 Å². The highest BCUT2D eigenvalue weighted by Crippen LogP contribution is 2.32. The second-order valence-corrected chi connectivity index (χ2v) is 4.60. The Morgan fingerprint density at radius 3 is 1.94 bits per heavy atom. The summed E-state index contributed by atoms with van der Waals surface area (Å²) in [5.41, 5.74) is 3.98. The van der Waals surface area contributed by atoms with Gasteiger partial charge in [0.25, 0.3) is 0 Å². The molecule has 1 heteroatoms. The average molecular weight is 221 g/mol. The van der Waals surface area contributed by atoms with Gasteiger partial charge in [-0.3, -0.25) is 4.98 Å². The molecule has 0 saturated heterocycles. The number of fused-ring (bicyclic) bond motifs is 1. The van der Waals surface area contributed by atoms with Crippen LogP contribution in [0.25, 0.3) is 11.1 Å². The Hall–Kier alpha value is -1.89. The normalized spacial score (nSPS) is 15.2. The van der Waals surface area contributed by atoms with Crippen LogP contribution >= 0.6 is 0 Å². The number of nitrogens with zero attached hydrogens (tertiary/aromatic N) is 1. The summed E-state index contributed by atoms with van der Waals surface area (Å²) in [6.07, 6.45) is 1.87. The Balaban J connectivity index is 2.28. The zero-order chi connectivity index (χ0) is 11.8. The third-order valence-corrected chi connectivity index (χ3v) is 3.63. The minimum absolute atomic E-state index is 0.355. The molecule has 84 valence electrons. The van der Waals surface area contributed by atoms with Gasteiger partial charge in [0.05, 0.1) is 5.69 Å². The van der Waals surface area contributed by atoms with Crippen molar-refractivity contribution in [1.29, 1.82) is 0 Å². The molecule has 0 radical (unpaired) electrons. The maximum atomic E-state index is 4.50. The van der Waals surface area contributed by atoms with Gasteiger partial charge < -0.3 is 0 Å². The van der Waals surface area contributed by atoms with Crippen molar-refractivity contribution in [2.24, 2.45) is 0 Å². The molecular weight excluding hydrogens is 206 g/mol. The maximum absolute atomic E-state index is 4.50. The molecule has 2 aromatic rings. The van der Waals surface area contributed by atoms with Crippen molar-refractivity contribution in [1.82, 2.24) is 4.98 Å². The lowest BCUT2D eigenvalue weighted by Crippen LogP contribution is -2.22.